The summed E-state index contributed by atoms with van der Waals surface area (Å²) in [5, 5.41) is 15.9. The third kappa shape index (κ3) is 8.61. The van der Waals surface area contributed by atoms with E-state index in [2.05, 4.69) is 10.6 Å². The number of anilines is 2. The number of nitro groups is 1. The molecule has 2 amide bonds. The van der Waals surface area contributed by atoms with Crippen molar-refractivity contribution in [2.24, 2.45) is 0 Å². The van der Waals surface area contributed by atoms with Gasteiger partial charge in [-0.25, -0.2) is 0 Å². The molecule has 0 saturated carbocycles. The Balaban J connectivity index is 1.33. The van der Waals surface area contributed by atoms with Crippen LogP contribution in [0.2, 0.25) is 0 Å². The molecule has 2 N–H and O–H groups in total. The zero-order valence-corrected chi connectivity index (χ0v) is 18.6. The van der Waals surface area contributed by atoms with Crippen LogP contribution in [-0.2, 0) is 19.1 Å². The molecule has 0 aliphatic heterocycles. The standard InChI is InChI=1S/C25H23N3O7/c29-23(27-19-6-4-7-20(16-19)28(32)33)10-5-11-25(31)34-17-24(30)26-18-12-14-22(15-13-18)35-21-8-2-1-3-9-21/h1-4,6-9,12-16H,5,10-11,17H2,(H,26,30)(H,27,29). The topological polar surface area (TPSA) is 137 Å². The second-order valence-corrected chi connectivity index (χ2v) is 7.36. The van der Waals surface area contributed by atoms with Crippen LogP contribution in [0.1, 0.15) is 19.3 Å². The number of carbonyl (C=O) groups is 3. The van der Waals surface area contributed by atoms with Crippen LogP contribution >= 0.6 is 0 Å². The van der Waals surface area contributed by atoms with Crippen LogP contribution < -0.4 is 15.4 Å². The molecule has 3 aromatic carbocycles. The summed E-state index contributed by atoms with van der Waals surface area (Å²) in [5.74, 6) is -0.211. The molecular formula is C25H23N3O7. The molecule has 180 valence electrons. The molecule has 0 atom stereocenters. The third-order valence-corrected chi connectivity index (χ3v) is 4.61. The number of nitrogens with one attached hydrogen (secondary N) is 2. The van der Waals surface area contributed by atoms with Crippen LogP contribution in [-0.4, -0.2) is 29.3 Å². The monoisotopic (exact) mass is 477 g/mol. The van der Waals surface area contributed by atoms with Crippen molar-refractivity contribution in [3.05, 3.63) is 89.0 Å². The summed E-state index contributed by atoms with van der Waals surface area (Å²) < 4.78 is 10.6. The number of rotatable bonds is 11. The maximum Gasteiger partial charge on any atom is 0.306 e. The maximum absolute atomic E-state index is 12.0. The van der Waals surface area contributed by atoms with Crippen molar-refractivity contribution in [3.8, 4) is 11.5 Å². The predicted molar refractivity (Wildman–Crippen MR) is 128 cm³/mol. The molecule has 0 fully saturated rings. The Kier molecular flexibility index (Phi) is 8.89. The number of ether oxygens (including phenoxy) is 2. The van der Waals surface area contributed by atoms with Crippen molar-refractivity contribution < 1.29 is 28.8 Å². The van der Waals surface area contributed by atoms with Gasteiger partial charge in [0.2, 0.25) is 5.91 Å². The van der Waals surface area contributed by atoms with Gasteiger partial charge in [0, 0.05) is 36.3 Å². The Bertz CT molecular complexity index is 1180. The Morgan fingerprint density at radius 3 is 2.17 bits per heavy atom. The van der Waals surface area contributed by atoms with Crippen LogP contribution in [0.4, 0.5) is 17.1 Å². The van der Waals surface area contributed by atoms with Gasteiger partial charge >= 0.3 is 5.97 Å². The number of hydrogen-bond donors (Lipinski definition) is 2. The first-order chi connectivity index (χ1) is 16.9. The maximum atomic E-state index is 12.0. The molecule has 0 aliphatic rings. The van der Waals surface area contributed by atoms with Gasteiger partial charge in [-0.3, -0.25) is 24.5 Å². The van der Waals surface area contributed by atoms with Crippen LogP contribution in [0.3, 0.4) is 0 Å². The second kappa shape index (κ2) is 12.5. The zero-order chi connectivity index (χ0) is 25.0. The number of non-ortho nitro benzene ring substituents is 1. The van der Waals surface area contributed by atoms with E-state index in [4.69, 9.17) is 9.47 Å². The van der Waals surface area contributed by atoms with Gasteiger partial charge in [-0.1, -0.05) is 24.3 Å². The molecule has 0 spiro atoms. The van der Waals surface area contributed by atoms with Crippen molar-refractivity contribution in [1.29, 1.82) is 0 Å². The van der Waals surface area contributed by atoms with E-state index in [1.165, 1.54) is 24.3 Å². The van der Waals surface area contributed by atoms with Crippen molar-refractivity contribution in [2.45, 2.75) is 19.3 Å². The molecule has 10 heteroatoms. The van der Waals surface area contributed by atoms with Gasteiger partial charge in [-0.05, 0) is 48.9 Å². The highest BCUT2D eigenvalue weighted by Gasteiger charge is 2.11. The highest BCUT2D eigenvalue weighted by molar-refractivity contribution is 5.93. The lowest BCUT2D eigenvalue weighted by Crippen LogP contribution is -2.21. The largest absolute Gasteiger partial charge is 0.457 e. The fourth-order valence-electron chi connectivity index (χ4n) is 2.96. The first kappa shape index (κ1) is 24.9. The summed E-state index contributed by atoms with van der Waals surface area (Å²) in [5.41, 5.74) is 0.675. The second-order valence-electron chi connectivity index (χ2n) is 7.36. The molecule has 3 rings (SSSR count). The molecule has 0 aromatic heterocycles. The van der Waals surface area contributed by atoms with Gasteiger partial charge in [0.25, 0.3) is 11.6 Å². The minimum absolute atomic E-state index is 0.0153. The molecule has 0 aliphatic carbocycles. The fourth-order valence-corrected chi connectivity index (χ4v) is 2.96. The number of esters is 1. The molecule has 35 heavy (non-hydrogen) atoms. The van der Waals surface area contributed by atoms with Crippen molar-refractivity contribution in [2.75, 3.05) is 17.2 Å². The number of nitrogens with zero attached hydrogens (tertiary/aromatic N) is 1. The molecule has 0 unspecified atom stereocenters. The Morgan fingerprint density at radius 1 is 0.771 bits per heavy atom. The average Bonchev–Trinajstić information content (AvgIpc) is 2.85. The van der Waals surface area contributed by atoms with Crippen LogP contribution in [0, 0.1) is 10.1 Å². The van der Waals surface area contributed by atoms with Crippen molar-refractivity contribution in [1.82, 2.24) is 0 Å². The van der Waals surface area contributed by atoms with Gasteiger partial charge in [0.15, 0.2) is 6.61 Å². The molecule has 0 bridgehead atoms. The molecular weight excluding hydrogens is 454 g/mol. The Hall–Kier alpha value is -4.73. The number of carbonyl (C=O) groups excluding carboxylic acids is 3. The number of para-hydroxylation sites is 1. The van der Waals surface area contributed by atoms with E-state index in [0.717, 1.165) is 0 Å². The summed E-state index contributed by atoms with van der Waals surface area (Å²) in [7, 11) is 0. The lowest BCUT2D eigenvalue weighted by molar-refractivity contribution is -0.384. The van der Waals surface area contributed by atoms with E-state index >= 15 is 0 Å². The van der Waals surface area contributed by atoms with Gasteiger partial charge in [-0.2, -0.15) is 0 Å². The molecule has 0 heterocycles. The molecule has 3 aromatic rings. The van der Waals surface area contributed by atoms with Gasteiger partial charge < -0.3 is 20.1 Å². The SMILES string of the molecule is O=C(CCCC(=O)OCC(=O)Nc1ccc(Oc2ccccc2)cc1)Nc1cccc([N+](=O)[O-])c1. The Labute approximate surface area is 201 Å². The third-order valence-electron chi connectivity index (χ3n) is 4.61. The summed E-state index contributed by atoms with van der Waals surface area (Å²) in [6.45, 7) is -0.457. The summed E-state index contributed by atoms with van der Waals surface area (Å²) in [6, 6.07) is 21.5. The number of nitro benzene ring substituents is 1. The van der Waals surface area contributed by atoms with E-state index in [1.54, 1.807) is 24.3 Å². The summed E-state index contributed by atoms with van der Waals surface area (Å²) >= 11 is 0. The smallest absolute Gasteiger partial charge is 0.306 e. The average molecular weight is 477 g/mol. The van der Waals surface area contributed by atoms with E-state index in [-0.39, 0.29) is 24.9 Å². The van der Waals surface area contributed by atoms with Crippen LogP contribution in [0.5, 0.6) is 11.5 Å². The highest BCUT2D eigenvalue weighted by Crippen LogP contribution is 2.22. The first-order valence-electron chi connectivity index (χ1n) is 10.7. The van der Waals surface area contributed by atoms with Crippen molar-refractivity contribution >= 4 is 34.8 Å². The van der Waals surface area contributed by atoms with Crippen LogP contribution in [0.15, 0.2) is 78.9 Å². The lowest BCUT2D eigenvalue weighted by Gasteiger charge is -2.09. The first-order valence-corrected chi connectivity index (χ1v) is 10.7. The minimum atomic E-state index is -0.616. The summed E-state index contributed by atoms with van der Waals surface area (Å²) in [4.78, 5) is 46.1. The lowest BCUT2D eigenvalue weighted by atomic mass is 10.2. The molecule has 0 saturated heterocycles. The van der Waals surface area contributed by atoms with Crippen LogP contribution in [0.25, 0.3) is 0 Å². The number of benzene rings is 3. The zero-order valence-electron chi connectivity index (χ0n) is 18.6. The van der Waals surface area contributed by atoms with E-state index in [9.17, 15) is 24.5 Å². The number of amides is 2. The quantitative estimate of drug-likeness (QED) is 0.232. The number of hydrogen-bond acceptors (Lipinski definition) is 7. The minimum Gasteiger partial charge on any atom is -0.457 e. The van der Waals surface area contributed by atoms with E-state index in [0.29, 0.717) is 22.9 Å². The normalized spacial score (nSPS) is 10.2. The van der Waals surface area contributed by atoms with E-state index in [1.807, 2.05) is 30.3 Å². The molecule has 10 nitrogen and oxygen atoms in total. The van der Waals surface area contributed by atoms with Gasteiger partial charge in [0.05, 0.1) is 4.92 Å². The Morgan fingerprint density at radius 2 is 1.46 bits per heavy atom. The summed E-state index contributed by atoms with van der Waals surface area (Å²) in [6.07, 6.45) is 0.159. The van der Waals surface area contributed by atoms with Gasteiger partial charge in [0.1, 0.15) is 11.5 Å². The van der Waals surface area contributed by atoms with E-state index < -0.39 is 29.3 Å². The predicted octanol–water partition coefficient (Wildman–Crippen LogP) is 4.68. The van der Waals surface area contributed by atoms with Gasteiger partial charge in [-0.15, -0.1) is 0 Å². The fraction of sp³-hybridized carbons (Fsp3) is 0.160. The highest BCUT2D eigenvalue weighted by atomic mass is 16.6. The molecule has 0 radical (unpaired) electrons. The van der Waals surface area contributed by atoms with Crippen molar-refractivity contribution in [3.63, 3.8) is 0 Å².